The summed E-state index contributed by atoms with van der Waals surface area (Å²) in [5, 5.41) is 0. The van der Waals surface area contributed by atoms with Crippen LogP contribution in [0.25, 0.3) is 0 Å². The first-order valence-electron chi connectivity index (χ1n) is 13.4. The average molecular weight is 541 g/mol. The average Bonchev–Trinajstić information content (AvgIpc) is 2.81. The molecule has 0 aliphatic carbocycles. The number of esters is 1. The fraction of sp³-hybridized carbons (Fsp3) is 0.920. The molecule has 0 aromatic carbocycles. The Bertz CT molecular complexity index is 544. The lowest BCUT2D eigenvalue weighted by Crippen LogP contribution is -2.25. The Labute approximate surface area is 216 Å². The van der Waals surface area contributed by atoms with Crippen molar-refractivity contribution in [2.75, 3.05) is 24.7 Å². The van der Waals surface area contributed by atoms with E-state index in [2.05, 4.69) is 16.2 Å². The molecule has 208 valence electrons. The molecule has 10 heteroatoms. The van der Waals surface area contributed by atoms with Gasteiger partial charge in [-0.2, -0.15) is 11.8 Å². The highest BCUT2D eigenvalue weighted by Crippen LogP contribution is 2.36. The maximum absolute atomic E-state index is 12.2. The molecule has 0 fully saturated rings. The van der Waals surface area contributed by atoms with Crippen LogP contribution >= 0.6 is 19.6 Å². The molecule has 0 bridgehead atoms. The Kier molecular flexibility index (Phi) is 24.6. The zero-order valence-corrected chi connectivity index (χ0v) is 23.4. The van der Waals surface area contributed by atoms with Crippen LogP contribution in [0.15, 0.2) is 0 Å². The predicted molar refractivity (Wildman–Crippen MR) is 141 cm³/mol. The first-order chi connectivity index (χ1) is 16.9. The van der Waals surface area contributed by atoms with Gasteiger partial charge in [0.25, 0.3) is 6.47 Å². The van der Waals surface area contributed by atoms with E-state index in [4.69, 9.17) is 14.5 Å². The van der Waals surface area contributed by atoms with Crippen LogP contribution in [-0.2, 0) is 28.2 Å². The third kappa shape index (κ3) is 27.8. The minimum atomic E-state index is -4.60. The number of unbranched alkanes of at least 4 members (excludes halogenated alkanes) is 14. The van der Waals surface area contributed by atoms with Gasteiger partial charge in [-0.25, -0.2) is 4.57 Å². The van der Waals surface area contributed by atoms with E-state index in [-0.39, 0.29) is 12.6 Å². The SMILES string of the molecule is CCCCCCCCCCC(=O)O[C@H](COP(=O)(O)O)CSCCCCCCCCCCOC=O. The predicted octanol–water partition coefficient (Wildman–Crippen LogP) is 6.57. The molecular formula is C25H49O8PS. The van der Waals surface area contributed by atoms with E-state index in [0.29, 0.717) is 25.3 Å². The third-order valence-electron chi connectivity index (χ3n) is 5.63. The minimum absolute atomic E-state index is 0.293. The van der Waals surface area contributed by atoms with Crippen LogP contribution in [0.4, 0.5) is 0 Å². The van der Waals surface area contributed by atoms with E-state index in [1.165, 1.54) is 51.4 Å². The molecule has 0 aliphatic heterocycles. The molecule has 0 amide bonds. The number of carbonyl (C=O) groups is 2. The molecule has 0 aromatic rings. The van der Waals surface area contributed by atoms with Crippen molar-refractivity contribution in [3.05, 3.63) is 0 Å². The van der Waals surface area contributed by atoms with Gasteiger partial charge in [0.1, 0.15) is 6.10 Å². The van der Waals surface area contributed by atoms with E-state index >= 15 is 0 Å². The smallest absolute Gasteiger partial charge is 0.468 e. The Morgan fingerprint density at radius 3 is 1.97 bits per heavy atom. The van der Waals surface area contributed by atoms with Gasteiger partial charge in [-0.1, -0.05) is 90.4 Å². The second-order valence-electron chi connectivity index (χ2n) is 8.99. The van der Waals surface area contributed by atoms with Crippen LogP contribution in [0.5, 0.6) is 0 Å². The van der Waals surface area contributed by atoms with Crippen LogP contribution in [0.2, 0.25) is 0 Å². The molecule has 2 N–H and O–H groups in total. The van der Waals surface area contributed by atoms with E-state index < -0.39 is 13.9 Å². The van der Waals surface area contributed by atoms with Gasteiger partial charge in [-0.3, -0.25) is 14.1 Å². The normalized spacial score (nSPS) is 12.4. The van der Waals surface area contributed by atoms with Crippen LogP contribution in [0, 0.1) is 0 Å². The summed E-state index contributed by atoms with van der Waals surface area (Å²) in [6.07, 6.45) is 17.7. The summed E-state index contributed by atoms with van der Waals surface area (Å²) in [7, 11) is -4.60. The second kappa shape index (κ2) is 25.1. The summed E-state index contributed by atoms with van der Waals surface area (Å²) in [6.45, 7) is 2.91. The van der Waals surface area contributed by atoms with Crippen LogP contribution in [0.3, 0.4) is 0 Å². The summed E-state index contributed by atoms with van der Waals surface area (Å²) in [5.41, 5.74) is 0. The number of rotatable bonds is 27. The number of phosphoric acid groups is 1. The summed E-state index contributed by atoms with van der Waals surface area (Å²) < 4.78 is 25.8. The molecule has 0 spiro atoms. The molecule has 0 aromatic heterocycles. The highest BCUT2D eigenvalue weighted by Gasteiger charge is 2.21. The van der Waals surface area contributed by atoms with E-state index in [1.54, 1.807) is 11.8 Å². The Morgan fingerprint density at radius 2 is 1.40 bits per heavy atom. The number of thioether (sulfide) groups is 1. The van der Waals surface area contributed by atoms with Crippen molar-refractivity contribution >= 4 is 32.0 Å². The van der Waals surface area contributed by atoms with Crippen LogP contribution < -0.4 is 0 Å². The van der Waals surface area contributed by atoms with Crippen molar-refractivity contribution in [3.63, 3.8) is 0 Å². The van der Waals surface area contributed by atoms with E-state index in [1.807, 2.05) is 0 Å². The molecule has 0 radical (unpaired) electrons. The molecule has 0 saturated carbocycles. The number of hydrogen-bond donors (Lipinski definition) is 2. The van der Waals surface area contributed by atoms with Gasteiger partial charge in [0.05, 0.1) is 13.2 Å². The molecule has 8 nitrogen and oxygen atoms in total. The van der Waals surface area contributed by atoms with Gasteiger partial charge in [0.2, 0.25) is 0 Å². The standard InChI is InChI=1S/C25H49O8PS/c1-2-3-4-5-6-9-12-15-18-25(27)33-24(21-32-34(28,29)30)22-35-20-17-14-11-8-7-10-13-16-19-31-23-26/h23-24H,2-22H2,1H3,(H2,28,29,30)/t24-/m1/s1. The fourth-order valence-corrected chi connectivity index (χ4v) is 5.02. The lowest BCUT2D eigenvalue weighted by atomic mass is 10.1. The maximum Gasteiger partial charge on any atom is 0.469 e. The molecular weight excluding hydrogens is 491 g/mol. The van der Waals surface area contributed by atoms with Crippen molar-refractivity contribution in [3.8, 4) is 0 Å². The van der Waals surface area contributed by atoms with Gasteiger partial charge in [0.15, 0.2) is 0 Å². The molecule has 35 heavy (non-hydrogen) atoms. The topological polar surface area (TPSA) is 119 Å². The summed E-state index contributed by atoms with van der Waals surface area (Å²) in [5.74, 6) is 1.05. The van der Waals surface area contributed by atoms with Crippen molar-refractivity contribution in [2.24, 2.45) is 0 Å². The number of carbonyl (C=O) groups excluding carboxylic acids is 2. The number of phosphoric ester groups is 1. The van der Waals surface area contributed by atoms with Gasteiger partial charge < -0.3 is 19.3 Å². The first-order valence-corrected chi connectivity index (χ1v) is 16.1. The lowest BCUT2D eigenvalue weighted by Gasteiger charge is -2.18. The first kappa shape index (κ1) is 34.4. The van der Waals surface area contributed by atoms with Crippen molar-refractivity contribution < 1.29 is 37.9 Å². The maximum atomic E-state index is 12.2. The Hall–Kier alpha value is -0.600. The Balaban J connectivity index is 3.90. The second-order valence-corrected chi connectivity index (χ2v) is 11.4. The molecule has 0 unspecified atom stereocenters. The van der Waals surface area contributed by atoms with Gasteiger partial charge in [-0.15, -0.1) is 0 Å². The van der Waals surface area contributed by atoms with Crippen molar-refractivity contribution in [1.82, 2.24) is 0 Å². The van der Waals surface area contributed by atoms with Gasteiger partial charge in [-0.05, 0) is 25.0 Å². The molecule has 1 atom stereocenters. The largest absolute Gasteiger partial charge is 0.469 e. The lowest BCUT2D eigenvalue weighted by molar-refractivity contribution is -0.149. The molecule has 0 aliphatic rings. The highest BCUT2D eigenvalue weighted by atomic mass is 32.2. The number of hydrogen-bond acceptors (Lipinski definition) is 7. The minimum Gasteiger partial charge on any atom is -0.468 e. The van der Waals surface area contributed by atoms with E-state index in [0.717, 1.165) is 57.1 Å². The highest BCUT2D eigenvalue weighted by molar-refractivity contribution is 7.99. The monoisotopic (exact) mass is 540 g/mol. The number of ether oxygens (including phenoxy) is 2. The van der Waals surface area contributed by atoms with Gasteiger partial charge >= 0.3 is 13.8 Å². The zero-order chi connectivity index (χ0) is 26.0. The summed E-state index contributed by atoms with van der Waals surface area (Å²) in [4.78, 5) is 40.2. The zero-order valence-electron chi connectivity index (χ0n) is 21.7. The quantitative estimate of drug-likeness (QED) is 0.0516. The van der Waals surface area contributed by atoms with Crippen molar-refractivity contribution in [2.45, 2.75) is 122 Å². The molecule has 0 heterocycles. The molecule has 0 rings (SSSR count). The summed E-state index contributed by atoms with van der Waals surface area (Å²) >= 11 is 1.62. The summed E-state index contributed by atoms with van der Waals surface area (Å²) in [6, 6.07) is 0. The van der Waals surface area contributed by atoms with Crippen LogP contribution in [-0.4, -0.2) is 53.1 Å². The Morgan fingerprint density at radius 1 is 0.857 bits per heavy atom. The van der Waals surface area contributed by atoms with Gasteiger partial charge in [0, 0.05) is 12.2 Å². The molecule has 0 saturated heterocycles. The van der Waals surface area contributed by atoms with Crippen LogP contribution in [0.1, 0.15) is 116 Å². The third-order valence-corrected chi connectivity index (χ3v) is 7.30. The van der Waals surface area contributed by atoms with E-state index in [9.17, 15) is 14.2 Å². The van der Waals surface area contributed by atoms with Crippen molar-refractivity contribution in [1.29, 1.82) is 0 Å². The fourth-order valence-electron chi connectivity index (χ4n) is 3.66.